The lowest BCUT2D eigenvalue weighted by Gasteiger charge is -2.27. The molecule has 1 saturated heterocycles. The van der Waals surface area contributed by atoms with E-state index in [1.165, 1.54) is 12.8 Å². The van der Waals surface area contributed by atoms with Crippen LogP contribution in [-0.4, -0.2) is 53.4 Å². The number of carbonyl (C=O) groups excluding carboxylic acids is 1. The van der Waals surface area contributed by atoms with Crippen LogP contribution in [0.3, 0.4) is 0 Å². The molecule has 4 nitrogen and oxygen atoms in total. The van der Waals surface area contributed by atoms with Crippen LogP contribution >= 0.6 is 0 Å². The van der Waals surface area contributed by atoms with Gasteiger partial charge in [-0.25, -0.2) is 0 Å². The van der Waals surface area contributed by atoms with E-state index in [2.05, 4.69) is 16.8 Å². The Morgan fingerprint density at radius 2 is 2.24 bits per heavy atom. The van der Waals surface area contributed by atoms with Crippen LogP contribution in [0.5, 0.6) is 0 Å². The van der Waals surface area contributed by atoms with Crippen molar-refractivity contribution in [2.45, 2.75) is 25.8 Å². The molecule has 1 atom stereocenters. The van der Waals surface area contributed by atoms with E-state index in [1.807, 2.05) is 42.3 Å². The number of amides is 1. The van der Waals surface area contributed by atoms with Crippen LogP contribution in [0, 0.1) is 0 Å². The van der Waals surface area contributed by atoms with Crippen molar-refractivity contribution in [2.75, 3.05) is 26.7 Å². The fraction of sp³-hybridized carbons (Fsp3) is 0.471. The molecule has 1 aliphatic heterocycles. The number of benzene rings is 1. The van der Waals surface area contributed by atoms with Gasteiger partial charge in [-0.2, -0.15) is 0 Å². The molecular formula is C17H23N3O. The molecule has 2 heterocycles. The maximum Gasteiger partial charge on any atom is 0.270 e. The summed E-state index contributed by atoms with van der Waals surface area (Å²) < 4.78 is 0. The maximum atomic E-state index is 12.6. The van der Waals surface area contributed by atoms with Gasteiger partial charge in [0.15, 0.2) is 0 Å². The van der Waals surface area contributed by atoms with E-state index in [0.29, 0.717) is 11.7 Å². The van der Waals surface area contributed by atoms with Crippen LogP contribution in [-0.2, 0) is 0 Å². The summed E-state index contributed by atoms with van der Waals surface area (Å²) in [6, 6.07) is 10.5. The molecule has 0 saturated carbocycles. The number of para-hydroxylation sites is 1. The Kier molecular flexibility index (Phi) is 3.97. The summed E-state index contributed by atoms with van der Waals surface area (Å²) >= 11 is 0. The number of hydrogen-bond donors (Lipinski definition) is 1. The van der Waals surface area contributed by atoms with Gasteiger partial charge in [-0.3, -0.25) is 9.69 Å². The molecule has 4 heteroatoms. The van der Waals surface area contributed by atoms with Gasteiger partial charge in [0.2, 0.25) is 0 Å². The molecule has 0 aliphatic carbocycles. The topological polar surface area (TPSA) is 39.3 Å². The average molecular weight is 285 g/mol. The highest BCUT2D eigenvalue weighted by molar-refractivity contribution is 5.97. The lowest BCUT2D eigenvalue weighted by atomic mass is 10.2. The average Bonchev–Trinajstić information content (AvgIpc) is 3.11. The Morgan fingerprint density at radius 1 is 1.43 bits per heavy atom. The highest BCUT2D eigenvalue weighted by Gasteiger charge is 2.26. The minimum absolute atomic E-state index is 0.0779. The highest BCUT2D eigenvalue weighted by Crippen LogP contribution is 2.19. The minimum atomic E-state index is 0.0779. The van der Waals surface area contributed by atoms with Crippen LogP contribution in [0.2, 0.25) is 0 Å². The van der Waals surface area contributed by atoms with Gasteiger partial charge >= 0.3 is 0 Å². The quantitative estimate of drug-likeness (QED) is 0.938. The maximum absolute atomic E-state index is 12.6. The molecule has 1 N–H and O–H groups in total. The first-order valence-electron chi connectivity index (χ1n) is 7.76. The fourth-order valence-electron chi connectivity index (χ4n) is 3.31. The van der Waals surface area contributed by atoms with Crippen molar-refractivity contribution in [3.63, 3.8) is 0 Å². The third-order valence-corrected chi connectivity index (χ3v) is 4.50. The van der Waals surface area contributed by atoms with Crippen LogP contribution in [0.25, 0.3) is 10.9 Å². The zero-order chi connectivity index (χ0) is 14.8. The smallest absolute Gasteiger partial charge is 0.270 e. The van der Waals surface area contributed by atoms with Crippen molar-refractivity contribution in [3.8, 4) is 0 Å². The third-order valence-electron chi connectivity index (χ3n) is 4.50. The zero-order valence-electron chi connectivity index (χ0n) is 12.8. The molecule has 21 heavy (non-hydrogen) atoms. The normalized spacial score (nSPS) is 19.2. The summed E-state index contributed by atoms with van der Waals surface area (Å²) in [6.45, 7) is 5.23. The van der Waals surface area contributed by atoms with E-state index < -0.39 is 0 Å². The molecule has 1 aromatic heterocycles. The van der Waals surface area contributed by atoms with Crippen molar-refractivity contribution in [2.24, 2.45) is 0 Å². The van der Waals surface area contributed by atoms with E-state index in [1.54, 1.807) is 0 Å². The number of likely N-dealkylation sites (N-methyl/N-ethyl adjacent to an activating group) is 2. The first-order chi connectivity index (χ1) is 10.2. The molecular weight excluding hydrogens is 262 g/mol. The largest absolute Gasteiger partial charge is 0.351 e. The monoisotopic (exact) mass is 285 g/mol. The SMILES string of the molecule is CCN1CCCC1CN(C)C(=O)c1cc2ccccc2[nH]1. The second kappa shape index (κ2) is 5.90. The van der Waals surface area contributed by atoms with Gasteiger partial charge in [-0.1, -0.05) is 25.1 Å². The van der Waals surface area contributed by atoms with Gasteiger partial charge in [0, 0.05) is 30.5 Å². The van der Waals surface area contributed by atoms with Crippen LogP contribution in [0.4, 0.5) is 0 Å². The van der Waals surface area contributed by atoms with Gasteiger partial charge in [-0.05, 0) is 38.1 Å². The number of carbonyl (C=O) groups is 1. The summed E-state index contributed by atoms with van der Waals surface area (Å²) in [5.41, 5.74) is 1.70. The number of likely N-dealkylation sites (tertiary alicyclic amines) is 1. The molecule has 0 spiro atoms. The molecule has 0 radical (unpaired) electrons. The van der Waals surface area contributed by atoms with E-state index in [0.717, 1.165) is 30.5 Å². The number of hydrogen-bond acceptors (Lipinski definition) is 2. The summed E-state index contributed by atoms with van der Waals surface area (Å²) in [5.74, 6) is 0.0779. The molecule has 1 amide bonds. The van der Waals surface area contributed by atoms with E-state index in [9.17, 15) is 4.79 Å². The lowest BCUT2D eigenvalue weighted by Crippen LogP contribution is -2.41. The van der Waals surface area contributed by atoms with Crippen molar-refractivity contribution < 1.29 is 4.79 Å². The molecule has 112 valence electrons. The van der Waals surface area contributed by atoms with Crippen molar-refractivity contribution in [1.29, 1.82) is 0 Å². The van der Waals surface area contributed by atoms with Gasteiger partial charge in [0.1, 0.15) is 5.69 Å². The summed E-state index contributed by atoms with van der Waals surface area (Å²) in [5, 5.41) is 1.09. The molecule has 0 bridgehead atoms. The van der Waals surface area contributed by atoms with E-state index in [4.69, 9.17) is 0 Å². The van der Waals surface area contributed by atoms with Gasteiger partial charge in [-0.15, -0.1) is 0 Å². The highest BCUT2D eigenvalue weighted by atomic mass is 16.2. The number of aromatic amines is 1. The molecule has 1 unspecified atom stereocenters. The fourth-order valence-corrected chi connectivity index (χ4v) is 3.31. The first kappa shape index (κ1) is 14.1. The molecule has 1 aromatic carbocycles. The summed E-state index contributed by atoms with van der Waals surface area (Å²) in [7, 11) is 1.90. The predicted octanol–water partition coefficient (Wildman–Crippen LogP) is 2.72. The van der Waals surface area contributed by atoms with Gasteiger partial charge in [0.05, 0.1) is 0 Å². The summed E-state index contributed by atoms with van der Waals surface area (Å²) in [6.07, 6.45) is 2.44. The van der Waals surface area contributed by atoms with Crippen molar-refractivity contribution >= 4 is 16.8 Å². The Balaban J connectivity index is 1.72. The standard InChI is InChI=1S/C17H23N3O/c1-3-20-10-6-8-14(20)12-19(2)17(21)16-11-13-7-4-5-9-15(13)18-16/h4-5,7,9,11,14,18H,3,6,8,10,12H2,1-2H3. The Bertz CT molecular complexity index is 601. The predicted molar refractivity (Wildman–Crippen MR) is 85.5 cm³/mol. The van der Waals surface area contributed by atoms with Gasteiger partial charge < -0.3 is 9.88 Å². The van der Waals surface area contributed by atoms with Crippen molar-refractivity contribution in [1.82, 2.24) is 14.8 Å². The van der Waals surface area contributed by atoms with Crippen molar-refractivity contribution in [3.05, 3.63) is 36.0 Å². The Morgan fingerprint density at radius 3 is 3.00 bits per heavy atom. The van der Waals surface area contributed by atoms with Crippen LogP contribution in [0.15, 0.2) is 30.3 Å². The van der Waals surface area contributed by atoms with Gasteiger partial charge in [0.25, 0.3) is 5.91 Å². The molecule has 1 fully saturated rings. The number of aromatic nitrogens is 1. The second-order valence-corrected chi connectivity index (χ2v) is 5.88. The minimum Gasteiger partial charge on any atom is -0.351 e. The second-order valence-electron chi connectivity index (χ2n) is 5.88. The number of H-pyrrole nitrogens is 1. The number of nitrogens with one attached hydrogen (secondary N) is 1. The summed E-state index contributed by atoms with van der Waals surface area (Å²) in [4.78, 5) is 20.1. The lowest BCUT2D eigenvalue weighted by molar-refractivity contribution is 0.0750. The van der Waals surface area contributed by atoms with Crippen LogP contribution < -0.4 is 0 Å². The molecule has 1 aliphatic rings. The number of rotatable bonds is 4. The Hall–Kier alpha value is -1.81. The van der Waals surface area contributed by atoms with E-state index in [-0.39, 0.29) is 5.91 Å². The number of nitrogens with zero attached hydrogens (tertiary/aromatic N) is 2. The van der Waals surface area contributed by atoms with Crippen LogP contribution in [0.1, 0.15) is 30.3 Å². The number of fused-ring (bicyclic) bond motifs is 1. The zero-order valence-corrected chi connectivity index (χ0v) is 12.8. The van der Waals surface area contributed by atoms with E-state index >= 15 is 0 Å². The molecule has 3 rings (SSSR count). The Labute approximate surface area is 125 Å². The third kappa shape index (κ3) is 2.81. The molecule has 2 aromatic rings. The first-order valence-corrected chi connectivity index (χ1v) is 7.76.